The number of halogens is 1. The third-order valence-corrected chi connectivity index (χ3v) is 2.76. The van der Waals surface area contributed by atoms with Crippen molar-refractivity contribution in [2.24, 2.45) is 0 Å². The van der Waals surface area contributed by atoms with Gasteiger partial charge in [-0.1, -0.05) is 35.7 Å². The van der Waals surface area contributed by atoms with E-state index in [2.05, 4.69) is 11.8 Å². The van der Waals surface area contributed by atoms with Gasteiger partial charge in [0.2, 0.25) is 0 Å². The van der Waals surface area contributed by atoms with Crippen LogP contribution in [0, 0.1) is 24.6 Å². The summed E-state index contributed by atoms with van der Waals surface area (Å²) in [5.41, 5.74) is 1.03. The molecule has 0 radical (unpaired) electrons. The summed E-state index contributed by atoms with van der Waals surface area (Å²) in [5, 5.41) is 0.0866. The molecular formula is C13H13FOS. The van der Waals surface area contributed by atoms with E-state index in [0.29, 0.717) is 23.3 Å². The molecule has 0 aliphatic rings. The lowest BCUT2D eigenvalue weighted by molar-refractivity contribution is -0.109. The van der Waals surface area contributed by atoms with Crippen molar-refractivity contribution in [1.29, 1.82) is 0 Å². The lowest BCUT2D eigenvalue weighted by Crippen LogP contribution is -1.88. The second kappa shape index (κ2) is 6.34. The van der Waals surface area contributed by atoms with Gasteiger partial charge in [-0.05, 0) is 18.6 Å². The molecule has 0 saturated heterocycles. The monoisotopic (exact) mass is 236 g/mol. The van der Waals surface area contributed by atoms with Crippen LogP contribution < -0.4 is 0 Å². The van der Waals surface area contributed by atoms with Crippen LogP contribution in [-0.2, 0) is 4.79 Å². The van der Waals surface area contributed by atoms with Crippen LogP contribution in [0.4, 0.5) is 4.39 Å². The number of thioether (sulfide) groups is 1. The first-order chi connectivity index (χ1) is 7.61. The largest absolute Gasteiger partial charge is 0.288 e. The van der Waals surface area contributed by atoms with Crippen molar-refractivity contribution in [3.8, 4) is 11.8 Å². The minimum absolute atomic E-state index is 0.0866. The Morgan fingerprint density at radius 3 is 2.94 bits per heavy atom. The molecule has 0 atom stereocenters. The lowest BCUT2D eigenvalue weighted by Gasteiger charge is -1.97. The van der Waals surface area contributed by atoms with Gasteiger partial charge >= 0.3 is 0 Å². The summed E-state index contributed by atoms with van der Waals surface area (Å²) >= 11 is 1.24. The molecule has 1 rings (SSSR count). The molecule has 0 fully saturated rings. The minimum Gasteiger partial charge on any atom is -0.288 e. The van der Waals surface area contributed by atoms with Crippen LogP contribution in [0.1, 0.15) is 24.5 Å². The van der Waals surface area contributed by atoms with Crippen LogP contribution in [0.15, 0.2) is 18.2 Å². The van der Waals surface area contributed by atoms with Gasteiger partial charge in [0.1, 0.15) is 5.82 Å². The van der Waals surface area contributed by atoms with Crippen molar-refractivity contribution in [1.82, 2.24) is 0 Å². The molecule has 0 amide bonds. The highest BCUT2D eigenvalue weighted by atomic mass is 32.2. The molecule has 0 aliphatic carbocycles. The van der Waals surface area contributed by atoms with Crippen LogP contribution in [0.5, 0.6) is 0 Å². The maximum atomic E-state index is 13.5. The fourth-order valence-corrected chi connectivity index (χ4v) is 1.64. The number of carbonyl (C=O) groups is 1. The second-order valence-electron chi connectivity index (χ2n) is 3.33. The van der Waals surface area contributed by atoms with Gasteiger partial charge in [-0.15, -0.1) is 0 Å². The van der Waals surface area contributed by atoms with E-state index in [9.17, 15) is 9.18 Å². The molecule has 0 unspecified atom stereocenters. The summed E-state index contributed by atoms with van der Waals surface area (Å²) in [6.07, 6.45) is 0.595. The van der Waals surface area contributed by atoms with Crippen LogP contribution in [0.3, 0.4) is 0 Å². The standard InChI is InChI=1S/C13H13FOS/c1-10-6-5-8-12(13(10)14)7-3-4-9-16-11(2)15/h5-6,8H,4,9H2,1-2H3. The molecule has 0 aliphatic heterocycles. The van der Waals surface area contributed by atoms with Crippen molar-refractivity contribution in [2.75, 3.05) is 5.75 Å². The smallest absolute Gasteiger partial charge is 0.185 e. The van der Waals surface area contributed by atoms with Crippen molar-refractivity contribution in [2.45, 2.75) is 20.3 Å². The van der Waals surface area contributed by atoms with Crippen LogP contribution in [0.25, 0.3) is 0 Å². The summed E-state index contributed by atoms with van der Waals surface area (Å²) in [6, 6.07) is 5.16. The Morgan fingerprint density at radius 2 is 2.25 bits per heavy atom. The van der Waals surface area contributed by atoms with Crippen molar-refractivity contribution in [3.05, 3.63) is 35.1 Å². The first-order valence-corrected chi connectivity index (χ1v) is 5.97. The Morgan fingerprint density at radius 1 is 1.50 bits per heavy atom. The van der Waals surface area contributed by atoms with Gasteiger partial charge in [0.25, 0.3) is 0 Å². The van der Waals surface area contributed by atoms with E-state index in [1.54, 1.807) is 25.1 Å². The minimum atomic E-state index is -0.255. The SMILES string of the molecule is CC(=O)SCCC#Cc1cccc(C)c1F. The van der Waals surface area contributed by atoms with E-state index < -0.39 is 0 Å². The molecule has 3 heteroatoms. The zero-order valence-electron chi connectivity index (χ0n) is 9.34. The Labute approximate surface area is 99.4 Å². The molecular weight excluding hydrogens is 223 g/mol. The molecule has 0 saturated carbocycles. The van der Waals surface area contributed by atoms with Gasteiger partial charge in [0, 0.05) is 19.1 Å². The predicted octanol–water partition coefficient (Wildman–Crippen LogP) is 3.16. The first-order valence-electron chi connectivity index (χ1n) is 4.98. The van der Waals surface area contributed by atoms with E-state index >= 15 is 0 Å². The molecule has 1 nitrogen and oxygen atoms in total. The summed E-state index contributed by atoms with van der Waals surface area (Å²) in [7, 11) is 0. The lowest BCUT2D eigenvalue weighted by atomic mass is 10.1. The number of hydrogen-bond donors (Lipinski definition) is 0. The molecule has 1 aromatic rings. The maximum Gasteiger partial charge on any atom is 0.185 e. The van der Waals surface area contributed by atoms with Gasteiger partial charge < -0.3 is 0 Å². The molecule has 1 aromatic carbocycles. The second-order valence-corrected chi connectivity index (χ2v) is 4.60. The Hall–Kier alpha value is -1.27. The molecule has 16 heavy (non-hydrogen) atoms. The third-order valence-electron chi connectivity index (χ3n) is 1.95. The first kappa shape index (κ1) is 12.8. The van der Waals surface area contributed by atoms with Gasteiger partial charge in [-0.25, -0.2) is 4.39 Å². The number of benzene rings is 1. The molecule has 0 spiro atoms. The fraction of sp³-hybridized carbons (Fsp3) is 0.308. The van der Waals surface area contributed by atoms with Crippen LogP contribution in [0.2, 0.25) is 0 Å². The van der Waals surface area contributed by atoms with Crippen LogP contribution >= 0.6 is 11.8 Å². The van der Waals surface area contributed by atoms with E-state index in [-0.39, 0.29) is 10.9 Å². The van der Waals surface area contributed by atoms with Gasteiger partial charge in [0.15, 0.2) is 5.12 Å². The zero-order chi connectivity index (χ0) is 12.0. The quantitative estimate of drug-likeness (QED) is 0.579. The molecule has 0 N–H and O–H groups in total. The highest BCUT2D eigenvalue weighted by Crippen LogP contribution is 2.10. The van der Waals surface area contributed by atoms with E-state index in [0.717, 1.165) is 0 Å². The number of carbonyl (C=O) groups excluding carboxylic acids is 1. The normalized spacial score (nSPS) is 9.44. The molecule has 0 aromatic heterocycles. The average Bonchev–Trinajstić information content (AvgIpc) is 2.23. The van der Waals surface area contributed by atoms with Crippen molar-refractivity contribution < 1.29 is 9.18 Å². The highest BCUT2D eigenvalue weighted by Gasteiger charge is 2.00. The van der Waals surface area contributed by atoms with E-state index in [1.807, 2.05) is 0 Å². The Kier molecular flexibility index (Phi) is 5.07. The summed E-state index contributed by atoms with van der Waals surface area (Å²) in [6.45, 7) is 3.24. The summed E-state index contributed by atoms with van der Waals surface area (Å²) < 4.78 is 13.5. The zero-order valence-corrected chi connectivity index (χ0v) is 10.2. The maximum absolute atomic E-state index is 13.5. The van der Waals surface area contributed by atoms with E-state index in [4.69, 9.17) is 0 Å². The molecule has 0 bridgehead atoms. The van der Waals surface area contributed by atoms with Gasteiger partial charge in [0.05, 0.1) is 5.56 Å². The summed E-state index contributed by atoms with van der Waals surface area (Å²) in [5.74, 6) is 6.05. The topological polar surface area (TPSA) is 17.1 Å². The van der Waals surface area contributed by atoms with Gasteiger partial charge in [-0.3, -0.25) is 4.79 Å². The van der Waals surface area contributed by atoms with E-state index in [1.165, 1.54) is 18.7 Å². The average molecular weight is 236 g/mol. The number of rotatable bonds is 2. The van der Waals surface area contributed by atoms with Crippen LogP contribution in [-0.4, -0.2) is 10.9 Å². The fourth-order valence-electron chi connectivity index (χ4n) is 1.15. The third kappa shape index (κ3) is 4.08. The predicted molar refractivity (Wildman–Crippen MR) is 65.8 cm³/mol. The number of hydrogen-bond acceptors (Lipinski definition) is 2. The Balaban J connectivity index is 2.56. The summed E-state index contributed by atoms with van der Waals surface area (Å²) in [4.78, 5) is 10.6. The number of aryl methyl sites for hydroxylation is 1. The molecule has 84 valence electrons. The Bertz CT molecular complexity index is 443. The van der Waals surface area contributed by atoms with Gasteiger partial charge in [-0.2, -0.15) is 0 Å². The molecule has 0 heterocycles. The van der Waals surface area contributed by atoms with Crippen molar-refractivity contribution >= 4 is 16.9 Å². The highest BCUT2D eigenvalue weighted by molar-refractivity contribution is 8.13. The van der Waals surface area contributed by atoms with Crippen molar-refractivity contribution in [3.63, 3.8) is 0 Å².